The molecule has 0 aliphatic carbocycles. The number of ether oxygens (including phenoxy) is 3. The molecule has 0 atom stereocenters. The van der Waals surface area contributed by atoms with Gasteiger partial charge in [-0.1, -0.05) is 0 Å². The van der Waals surface area contributed by atoms with E-state index < -0.39 is 7.06 Å². The van der Waals surface area contributed by atoms with Crippen LogP contribution in [-0.2, 0) is 9.35 Å². The zero-order valence-corrected chi connectivity index (χ0v) is 16.3. The van der Waals surface area contributed by atoms with Gasteiger partial charge in [0.1, 0.15) is 0 Å². The second-order valence-corrected chi connectivity index (χ2v) is 9.96. The van der Waals surface area contributed by atoms with E-state index in [1.807, 2.05) is 72.8 Å². The van der Waals surface area contributed by atoms with Gasteiger partial charge < -0.3 is 0 Å². The molecule has 0 bridgehead atoms. The maximum absolute atomic E-state index is 5.97. The van der Waals surface area contributed by atoms with E-state index in [-0.39, 0.29) is 0 Å². The Balaban J connectivity index is 1.93. The van der Waals surface area contributed by atoms with Gasteiger partial charge in [0.2, 0.25) is 0 Å². The van der Waals surface area contributed by atoms with E-state index in [1.165, 1.54) is 0 Å². The maximum atomic E-state index is 5.97. The summed E-state index contributed by atoms with van der Waals surface area (Å²) in [5, 5.41) is 2.91. The molecule has 3 aromatic carbocycles. The Labute approximate surface area is 158 Å². The summed E-state index contributed by atoms with van der Waals surface area (Å²) in [5.74, 6) is 2.34. The first-order valence-corrected chi connectivity index (χ1v) is 10.6. The van der Waals surface area contributed by atoms with E-state index in [0.29, 0.717) is 0 Å². The third-order valence-corrected chi connectivity index (χ3v) is 9.23. The summed E-state index contributed by atoms with van der Waals surface area (Å²) < 4.78 is 27.9. The number of rotatable bonds is 6. The van der Waals surface area contributed by atoms with E-state index in [9.17, 15) is 0 Å². The monoisotopic (exact) mass is 384 g/mol. The zero-order valence-electron chi connectivity index (χ0n) is 15.4. The van der Waals surface area contributed by atoms with Crippen molar-refractivity contribution < 1.29 is 23.6 Å². The summed E-state index contributed by atoms with van der Waals surface area (Å²) in [6.45, 7) is 0. The second kappa shape index (κ2) is 6.54. The minimum absolute atomic E-state index is 0.779. The van der Waals surface area contributed by atoms with Crippen molar-refractivity contribution in [2.24, 2.45) is 0 Å². The Bertz CT molecular complexity index is 809. The molecule has 0 unspecified atom stereocenters. The third-order valence-electron chi connectivity index (χ3n) is 4.92. The van der Waals surface area contributed by atoms with E-state index in [4.69, 9.17) is 23.6 Å². The molecular formula is C21H21O5P. The van der Waals surface area contributed by atoms with Crippen LogP contribution in [0.5, 0.6) is 17.2 Å². The van der Waals surface area contributed by atoms with Gasteiger partial charge in [0.15, 0.2) is 0 Å². The quantitative estimate of drug-likeness (QED) is 0.371. The van der Waals surface area contributed by atoms with E-state index in [2.05, 4.69) is 0 Å². The van der Waals surface area contributed by atoms with Crippen LogP contribution < -0.4 is 30.1 Å². The predicted octanol–water partition coefficient (Wildman–Crippen LogP) is 3.33. The SMILES string of the molecule is COc1ccc(P2(c3ccc(OC)cc3)(c3ccc(OC)cc3)OO2)cc1. The Hall–Kier alpha value is -2.59. The summed E-state index contributed by atoms with van der Waals surface area (Å²) >= 11 is 0. The fourth-order valence-corrected chi connectivity index (χ4v) is 7.20. The van der Waals surface area contributed by atoms with Crippen LogP contribution in [0.25, 0.3) is 0 Å². The van der Waals surface area contributed by atoms with Gasteiger partial charge >= 0.3 is 158 Å². The van der Waals surface area contributed by atoms with Crippen LogP contribution in [0.3, 0.4) is 0 Å². The normalized spacial score (nSPS) is 18.0. The molecule has 0 amide bonds. The topological polar surface area (TPSA) is 52.8 Å². The third kappa shape index (κ3) is 2.59. The minimum atomic E-state index is -3.41. The Morgan fingerprint density at radius 3 is 0.926 bits per heavy atom. The molecule has 0 spiro atoms. The molecule has 0 aromatic heterocycles. The van der Waals surface area contributed by atoms with Gasteiger partial charge in [-0.3, -0.25) is 0 Å². The molecule has 3 aromatic rings. The van der Waals surface area contributed by atoms with Crippen LogP contribution in [0.15, 0.2) is 72.8 Å². The molecule has 140 valence electrons. The van der Waals surface area contributed by atoms with Crippen molar-refractivity contribution in [2.75, 3.05) is 21.3 Å². The van der Waals surface area contributed by atoms with Gasteiger partial charge in [-0.05, 0) is 0 Å². The van der Waals surface area contributed by atoms with Crippen molar-refractivity contribution in [3.05, 3.63) is 72.8 Å². The molecular weight excluding hydrogens is 363 g/mol. The zero-order chi connectivity index (χ0) is 18.9. The van der Waals surface area contributed by atoms with E-state index in [0.717, 1.165) is 33.2 Å². The van der Waals surface area contributed by atoms with Crippen LogP contribution >= 0.6 is 7.06 Å². The summed E-state index contributed by atoms with van der Waals surface area (Å²) in [6, 6.07) is 23.5. The van der Waals surface area contributed by atoms with Gasteiger partial charge in [-0.2, -0.15) is 0 Å². The first-order chi connectivity index (χ1) is 13.2. The first kappa shape index (κ1) is 17.8. The summed E-state index contributed by atoms with van der Waals surface area (Å²) in [6.07, 6.45) is 0. The number of methoxy groups -OCH3 is 3. The first-order valence-electron chi connectivity index (χ1n) is 8.50. The second-order valence-electron chi connectivity index (χ2n) is 6.20. The molecule has 0 radical (unpaired) electrons. The number of hydrogen-bond donors (Lipinski definition) is 0. The van der Waals surface area contributed by atoms with Crippen molar-refractivity contribution in [1.82, 2.24) is 0 Å². The molecule has 1 aliphatic rings. The Morgan fingerprint density at radius 2 is 0.741 bits per heavy atom. The van der Waals surface area contributed by atoms with Gasteiger partial charge in [0.05, 0.1) is 0 Å². The molecule has 1 fully saturated rings. The van der Waals surface area contributed by atoms with Crippen molar-refractivity contribution >= 4 is 23.0 Å². The van der Waals surface area contributed by atoms with Crippen molar-refractivity contribution in [3.63, 3.8) is 0 Å². The molecule has 5 nitrogen and oxygen atoms in total. The number of hydrogen-bond acceptors (Lipinski definition) is 5. The van der Waals surface area contributed by atoms with E-state index in [1.54, 1.807) is 21.3 Å². The molecule has 0 saturated carbocycles. The molecule has 1 heterocycles. The molecule has 0 N–H and O–H groups in total. The summed E-state index contributed by atoms with van der Waals surface area (Å²) in [5.41, 5.74) is 0. The summed E-state index contributed by atoms with van der Waals surface area (Å²) in [7, 11) is 1.54. The van der Waals surface area contributed by atoms with Gasteiger partial charge in [-0.15, -0.1) is 0 Å². The Morgan fingerprint density at radius 1 is 0.481 bits per heavy atom. The van der Waals surface area contributed by atoms with Crippen LogP contribution in [0.2, 0.25) is 0 Å². The average molecular weight is 384 g/mol. The van der Waals surface area contributed by atoms with Crippen molar-refractivity contribution in [1.29, 1.82) is 0 Å². The van der Waals surface area contributed by atoms with Gasteiger partial charge in [-0.25, -0.2) is 0 Å². The molecule has 6 heteroatoms. The van der Waals surface area contributed by atoms with Crippen LogP contribution in [0.4, 0.5) is 0 Å². The van der Waals surface area contributed by atoms with Crippen molar-refractivity contribution in [2.45, 2.75) is 0 Å². The predicted molar refractivity (Wildman–Crippen MR) is 107 cm³/mol. The van der Waals surface area contributed by atoms with Gasteiger partial charge in [0, 0.05) is 0 Å². The van der Waals surface area contributed by atoms with Gasteiger partial charge in [0.25, 0.3) is 0 Å². The number of benzene rings is 3. The Kier molecular flexibility index (Phi) is 4.31. The average Bonchev–Trinajstić information content (AvgIpc) is 3.53. The fourth-order valence-electron chi connectivity index (χ4n) is 3.31. The van der Waals surface area contributed by atoms with Crippen LogP contribution in [0.1, 0.15) is 0 Å². The fraction of sp³-hybridized carbons (Fsp3) is 0.143. The van der Waals surface area contributed by atoms with E-state index >= 15 is 0 Å². The molecule has 27 heavy (non-hydrogen) atoms. The van der Waals surface area contributed by atoms with Crippen LogP contribution in [-0.4, -0.2) is 21.3 Å². The molecule has 4 rings (SSSR count). The summed E-state index contributed by atoms with van der Waals surface area (Å²) in [4.78, 5) is 0. The van der Waals surface area contributed by atoms with Crippen LogP contribution in [0, 0.1) is 0 Å². The van der Waals surface area contributed by atoms with Crippen molar-refractivity contribution in [3.8, 4) is 17.2 Å². The molecule has 1 saturated heterocycles. The standard InChI is InChI=1S/C21H21O5P/c1-22-16-4-10-19(11-5-16)27(25-26-27,20-12-6-17(23-2)7-13-20)21-14-8-18(24-3)9-15-21/h4-15H,1-3H3. The molecule has 1 aliphatic heterocycles.